The third-order valence-corrected chi connectivity index (χ3v) is 2.90. The minimum Gasteiger partial charge on any atom is -0.461 e. The number of piperidine rings is 1. The van der Waals surface area contributed by atoms with Crippen LogP contribution in [-0.2, 0) is 9.53 Å². The molecule has 3 nitrogen and oxygen atoms in total. The highest BCUT2D eigenvalue weighted by atomic mass is 127. The van der Waals surface area contributed by atoms with Gasteiger partial charge in [-0.05, 0) is 6.92 Å². The molecule has 0 spiro atoms. The van der Waals surface area contributed by atoms with Gasteiger partial charge in [-0.1, -0.05) is 22.6 Å². The van der Waals surface area contributed by atoms with Crippen LogP contribution in [0, 0.1) is 0 Å². The average Bonchev–Trinajstić information content (AvgIpc) is 2.08. The highest BCUT2D eigenvalue weighted by Crippen LogP contribution is 2.09. The van der Waals surface area contributed by atoms with Gasteiger partial charge >= 0.3 is 5.97 Å². The van der Waals surface area contributed by atoms with Crippen LogP contribution >= 0.6 is 22.6 Å². The molecule has 0 aliphatic carbocycles. The summed E-state index contributed by atoms with van der Waals surface area (Å²) in [6.45, 7) is 4.10. The molecule has 4 heteroatoms. The molecule has 0 aromatic carbocycles. The zero-order valence-corrected chi connectivity index (χ0v) is 10.3. The number of carbonyl (C=O) groups is 1. The van der Waals surface area contributed by atoms with Gasteiger partial charge in [0.1, 0.15) is 10.0 Å². The maximum atomic E-state index is 11.3. The summed E-state index contributed by atoms with van der Waals surface area (Å²) in [6.07, 6.45) is 2.20. The van der Waals surface area contributed by atoms with Crippen molar-refractivity contribution >= 4 is 28.6 Å². The molecular weight excluding hydrogens is 281 g/mol. The predicted molar refractivity (Wildman–Crippen MR) is 59.2 cm³/mol. The van der Waals surface area contributed by atoms with Crippen LogP contribution in [0.2, 0.25) is 0 Å². The number of ether oxygens (including phenoxy) is 1. The zero-order chi connectivity index (χ0) is 9.84. The summed E-state index contributed by atoms with van der Waals surface area (Å²) in [4.78, 5) is 12.8. The Morgan fingerprint density at radius 1 is 1.54 bits per heavy atom. The second-order valence-electron chi connectivity index (χ2n) is 3.71. The summed E-state index contributed by atoms with van der Waals surface area (Å²) in [6, 6.07) is 0. The number of halogens is 1. The maximum absolute atomic E-state index is 11.3. The normalized spacial score (nSPS) is 31.0. The van der Waals surface area contributed by atoms with E-state index in [2.05, 4.69) is 29.6 Å². The lowest BCUT2D eigenvalue weighted by atomic mass is 10.1. The van der Waals surface area contributed by atoms with E-state index in [4.69, 9.17) is 4.74 Å². The van der Waals surface area contributed by atoms with E-state index in [9.17, 15) is 4.79 Å². The van der Waals surface area contributed by atoms with Crippen LogP contribution in [0.5, 0.6) is 0 Å². The Bertz CT molecular complexity index is 176. The third-order valence-electron chi connectivity index (χ3n) is 2.39. The fourth-order valence-electron chi connectivity index (χ4n) is 1.46. The second kappa shape index (κ2) is 5.14. The molecule has 13 heavy (non-hydrogen) atoms. The van der Waals surface area contributed by atoms with Crippen LogP contribution in [0.25, 0.3) is 0 Å². The molecule has 1 aliphatic heterocycles. The first-order valence-electron chi connectivity index (χ1n) is 4.75. The van der Waals surface area contributed by atoms with Gasteiger partial charge in [0.25, 0.3) is 0 Å². The largest absolute Gasteiger partial charge is 0.461 e. The third kappa shape index (κ3) is 3.81. The number of hydrogen-bond acceptors (Lipinski definition) is 2. The Morgan fingerprint density at radius 2 is 2.08 bits per heavy atom. The number of alkyl halides is 1. The average molecular weight is 298 g/mol. The minimum absolute atomic E-state index is 0.0235. The number of likely N-dealkylation sites (tertiary alicyclic amines) is 1. The van der Waals surface area contributed by atoms with Crippen molar-refractivity contribution in [1.29, 1.82) is 0 Å². The van der Waals surface area contributed by atoms with Crippen LogP contribution in [0.1, 0.15) is 19.8 Å². The molecule has 1 saturated heterocycles. The Hall–Kier alpha value is 0.160. The second-order valence-corrected chi connectivity index (χ2v) is 5.58. The molecule has 1 fully saturated rings. The monoisotopic (exact) mass is 298 g/mol. The van der Waals surface area contributed by atoms with E-state index < -0.39 is 0 Å². The van der Waals surface area contributed by atoms with Crippen LogP contribution in [0.3, 0.4) is 0 Å². The standard InChI is InChI=1S/C9H16INO2/c1-7(10)9(12)13-8-3-5-11(2)6-4-8/h7-8H,3-6H2,1-2H3/p+1. The van der Waals surface area contributed by atoms with Gasteiger partial charge in [0.15, 0.2) is 0 Å². The number of rotatable bonds is 2. The van der Waals surface area contributed by atoms with Crippen molar-refractivity contribution in [1.82, 2.24) is 0 Å². The van der Waals surface area contributed by atoms with Crippen molar-refractivity contribution in [3.8, 4) is 0 Å². The van der Waals surface area contributed by atoms with E-state index >= 15 is 0 Å². The van der Waals surface area contributed by atoms with Crippen LogP contribution in [-0.4, -0.2) is 36.1 Å². The lowest BCUT2D eigenvalue weighted by Crippen LogP contribution is -3.10. The van der Waals surface area contributed by atoms with Crippen molar-refractivity contribution < 1.29 is 14.4 Å². The highest BCUT2D eigenvalue weighted by molar-refractivity contribution is 14.1. The lowest BCUT2D eigenvalue weighted by molar-refractivity contribution is -0.885. The van der Waals surface area contributed by atoms with Gasteiger partial charge < -0.3 is 9.64 Å². The van der Waals surface area contributed by atoms with Crippen LogP contribution < -0.4 is 4.90 Å². The molecule has 1 heterocycles. The minimum atomic E-state index is -0.0647. The summed E-state index contributed by atoms with van der Waals surface area (Å²) in [5, 5.41) is 0. The number of quaternary nitrogens is 1. The molecule has 1 aliphatic rings. The van der Waals surface area contributed by atoms with Crippen LogP contribution in [0.4, 0.5) is 0 Å². The van der Waals surface area contributed by atoms with Gasteiger partial charge in [-0.2, -0.15) is 0 Å². The predicted octanol–water partition coefficient (Wildman–Crippen LogP) is 0.0302. The van der Waals surface area contributed by atoms with E-state index in [1.165, 1.54) is 4.90 Å². The molecule has 0 radical (unpaired) electrons. The summed E-state index contributed by atoms with van der Waals surface area (Å²) < 4.78 is 5.32. The molecule has 0 aromatic rings. The number of nitrogens with one attached hydrogen (secondary N) is 1. The van der Waals surface area contributed by atoms with E-state index in [0.717, 1.165) is 25.9 Å². The zero-order valence-electron chi connectivity index (χ0n) is 8.18. The van der Waals surface area contributed by atoms with E-state index in [1.807, 2.05) is 6.92 Å². The van der Waals surface area contributed by atoms with Crippen molar-refractivity contribution in [2.24, 2.45) is 0 Å². The van der Waals surface area contributed by atoms with Gasteiger partial charge in [0, 0.05) is 12.8 Å². The van der Waals surface area contributed by atoms with Gasteiger partial charge in [-0.25, -0.2) is 0 Å². The van der Waals surface area contributed by atoms with Crippen molar-refractivity contribution in [3.63, 3.8) is 0 Å². The van der Waals surface area contributed by atoms with Crippen molar-refractivity contribution in [2.75, 3.05) is 20.1 Å². The quantitative estimate of drug-likeness (QED) is 0.443. The topological polar surface area (TPSA) is 30.7 Å². The van der Waals surface area contributed by atoms with Crippen molar-refractivity contribution in [2.45, 2.75) is 29.8 Å². The first-order valence-corrected chi connectivity index (χ1v) is 6.00. The smallest absolute Gasteiger partial charge is 0.318 e. The van der Waals surface area contributed by atoms with E-state index in [1.54, 1.807) is 0 Å². The Kier molecular flexibility index (Phi) is 4.45. The summed E-state index contributed by atoms with van der Waals surface area (Å²) in [5.41, 5.74) is 0. The fraction of sp³-hybridized carbons (Fsp3) is 0.889. The molecular formula is C9H17INO2+. The maximum Gasteiger partial charge on any atom is 0.318 e. The lowest BCUT2D eigenvalue weighted by Gasteiger charge is -2.26. The molecule has 0 bridgehead atoms. The SMILES string of the molecule is CC(I)C(=O)OC1CC[NH+](C)CC1. The Morgan fingerprint density at radius 3 is 2.54 bits per heavy atom. The summed E-state index contributed by atoms with van der Waals surface area (Å²) in [5.74, 6) is -0.0647. The van der Waals surface area contributed by atoms with Gasteiger partial charge in [0.2, 0.25) is 0 Å². The fourth-order valence-corrected chi connectivity index (χ4v) is 1.61. The molecule has 0 amide bonds. The molecule has 0 aromatic heterocycles. The van der Waals surface area contributed by atoms with Gasteiger partial charge in [-0.3, -0.25) is 4.79 Å². The van der Waals surface area contributed by atoms with Gasteiger partial charge in [-0.15, -0.1) is 0 Å². The summed E-state index contributed by atoms with van der Waals surface area (Å²) >= 11 is 2.09. The number of hydrogen-bond donors (Lipinski definition) is 1. The van der Waals surface area contributed by atoms with Crippen LogP contribution in [0.15, 0.2) is 0 Å². The van der Waals surface area contributed by atoms with E-state index in [-0.39, 0.29) is 16.0 Å². The molecule has 1 N–H and O–H groups in total. The molecule has 1 rings (SSSR count). The number of carbonyl (C=O) groups excluding carboxylic acids is 1. The molecule has 1 atom stereocenters. The first-order chi connectivity index (χ1) is 6.09. The van der Waals surface area contributed by atoms with Gasteiger partial charge in [0.05, 0.1) is 20.1 Å². The highest BCUT2D eigenvalue weighted by Gasteiger charge is 2.23. The Labute approximate surface area is 92.9 Å². The Balaban J connectivity index is 2.26. The molecule has 76 valence electrons. The first kappa shape index (κ1) is 11.2. The number of esters is 1. The van der Waals surface area contributed by atoms with Crippen molar-refractivity contribution in [3.05, 3.63) is 0 Å². The molecule has 1 unspecified atom stereocenters. The summed E-state index contributed by atoms with van der Waals surface area (Å²) in [7, 11) is 2.18. The molecule has 0 saturated carbocycles. The van der Waals surface area contributed by atoms with E-state index in [0.29, 0.717) is 0 Å².